The third-order valence-electron chi connectivity index (χ3n) is 5.11. The van der Waals surface area contributed by atoms with Crippen molar-refractivity contribution in [2.24, 2.45) is 0 Å². The van der Waals surface area contributed by atoms with Gasteiger partial charge in [-0.1, -0.05) is 29.8 Å². The Morgan fingerprint density at radius 2 is 1.97 bits per heavy atom. The molecule has 0 saturated heterocycles. The Bertz CT molecular complexity index is 1110. The fraction of sp³-hybridized carbons (Fsp3) is 0.217. The maximum atomic E-state index is 12.9. The van der Waals surface area contributed by atoms with Crippen molar-refractivity contribution >= 4 is 23.2 Å². The minimum Gasteiger partial charge on any atom is -0.395 e. The van der Waals surface area contributed by atoms with Crippen molar-refractivity contribution < 1.29 is 14.7 Å². The molecule has 30 heavy (non-hydrogen) atoms. The smallest absolute Gasteiger partial charge is 0.251 e. The number of nitrogens with one attached hydrogen (secondary N) is 1. The molecule has 2 heterocycles. The summed E-state index contributed by atoms with van der Waals surface area (Å²) in [6.45, 7) is 2.69. The number of anilines is 2. The van der Waals surface area contributed by atoms with E-state index in [2.05, 4.69) is 15.3 Å². The predicted octanol–water partition coefficient (Wildman–Crippen LogP) is 2.43. The van der Waals surface area contributed by atoms with Crippen molar-refractivity contribution in [1.29, 1.82) is 0 Å². The summed E-state index contributed by atoms with van der Waals surface area (Å²) >= 11 is 0. The van der Waals surface area contributed by atoms with Crippen LogP contribution in [-0.4, -0.2) is 46.5 Å². The minimum absolute atomic E-state index is 0.106. The molecule has 3 aromatic rings. The number of ketones is 1. The number of hydrogen-bond acceptors (Lipinski definition) is 6. The lowest BCUT2D eigenvalue weighted by Crippen LogP contribution is -2.27. The van der Waals surface area contributed by atoms with Gasteiger partial charge in [-0.2, -0.15) is 0 Å². The molecule has 1 aliphatic heterocycles. The van der Waals surface area contributed by atoms with E-state index < -0.39 is 0 Å². The van der Waals surface area contributed by atoms with E-state index in [0.717, 1.165) is 16.8 Å². The highest BCUT2D eigenvalue weighted by atomic mass is 16.3. The number of hydrogen-bond donors (Lipinski definition) is 2. The summed E-state index contributed by atoms with van der Waals surface area (Å²) in [5.74, 6) is 0.257. The van der Waals surface area contributed by atoms with Gasteiger partial charge in [0.15, 0.2) is 0 Å². The first-order chi connectivity index (χ1) is 14.6. The highest BCUT2D eigenvalue weighted by Crippen LogP contribution is 2.35. The van der Waals surface area contributed by atoms with E-state index in [4.69, 9.17) is 5.11 Å². The van der Waals surface area contributed by atoms with Crippen LogP contribution in [0.15, 0.2) is 54.9 Å². The van der Waals surface area contributed by atoms with Crippen LogP contribution in [0.2, 0.25) is 0 Å². The Morgan fingerprint density at radius 3 is 2.77 bits per heavy atom. The van der Waals surface area contributed by atoms with Gasteiger partial charge in [0.05, 0.1) is 6.61 Å². The van der Waals surface area contributed by atoms with Gasteiger partial charge in [-0.25, -0.2) is 9.97 Å². The lowest BCUT2D eigenvalue weighted by molar-refractivity contribution is 0.0943. The molecule has 0 aliphatic carbocycles. The van der Waals surface area contributed by atoms with Crippen LogP contribution in [0.4, 0.5) is 11.5 Å². The molecule has 2 N–H and O–H groups in total. The number of aliphatic hydroxyl groups excluding tert-OH is 1. The number of amides is 1. The topological polar surface area (TPSA) is 95.4 Å². The number of rotatable bonds is 6. The second-order valence-corrected chi connectivity index (χ2v) is 7.14. The van der Waals surface area contributed by atoms with E-state index in [1.54, 1.807) is 18.2 Å². The first kappa shape index (κ1) is 19.7. The van der Waals surface area contributed by atoms with Crippen molar-refractivity contribution in [3.8, 4) is 0 Å². The molecule has 0 bridgehead atoms. The molecule has 4 rings (SSSR count). The van der Waals surface area contributed by atoms with Crippen molar-refractivity contribution in [2.75, 3.05) is 24.6 Å². The molecular formula is C23H22N4O3. The number of carbonyl (C=O) groups excluding carboxylic acids is 2. The van der Waals surface area contributed by atoms with E-state index in [0.29, 0.717) is 35.6 Å². The zero-order chi connectivity index (χ0) is 21.1. The number of benzene rings is 2. The maximum Gasteiger partial charge on any atom is 0.251 e. The molecule has 1 aromatic heterocycles. The maximum absolute atomic E-state index is 12.9. The average molecular weight is 402 g/mol. The number of fused-ring (bicyclic) bond motifs is 1. The molecule has 0 unspecified atom stereocenters. The molecule has 1 aliphatic rings. The van der Waals surface area contributed by atoms with Gasteiger partial charge in [-0.15, -0.1) is 0 Å². The monoisotopic (exact) mass is 402 g/mol. The van der Waals surface area contributed by atoms with Gasteiger partial charge in [-0.3, -0.25) is 9.59 Å². The Kier molecular flexibility index (Phi) is 5.54. The summed E-state index contributed by atoms with van der Waals surface area (Å²) in [4.78, 5) is 35.8. The SMILES string of the molecule is Cc1cccc(C(=O)c2cc(N3CCc4c(C(=O)NCCO)cccc43)ncn2)c1. The molecule has 0 spiro atoms. The van der Waals surface area contributed by atoms with Gasteiger partial charge in [-0.05, 0) is 37.1 Å². The molecule has 0 saturated carbocycles. The van der Waals surface area contributed by atoms with E-state index >= 15 is 0 Å². The highest BCUT2D eigenvalue weighted by Gasteiger charge is 2.26. The van der Waals surface area contributed by atoms with Crippen molar-refractivity contribution in [1.82, 2.24) is 15.3 Å². The molecular weight excluding hydrogens is 380 g/mol. The van der Waals surface area contributed by atoms with Gasteiger partial charge >= 0.3 is 0 Å². The lowest BCUT2D eigenvalue weighted by atomic mass is 10.0. The first-order valence-electron chi connectivity index (χ1n) is 9.80. The van der Waals surface area contributed by atoms with E-state index in [1.807, 2.05) is 42.2 Å². The minimum atomic E-state index is -0.208. The Morgan fingerprint density at radius 1 is 1.13 bits per heavy atom. The fourth-order valence-electron chi connectivity index (χ4n) is 3.70. The van der Waals surface area contributed by atoms with Crippen LogP contribution in [0.25, 0.3) is 0 Å². The third kappa shape index (κ3) is 3.79. The number of nitrogens with zero attached hydrogens (tertiary/aromatic N) is 3. The number of carbonyl (C=O) groups is 2. The zero-order valence-corrected chi connectivity index (χ0v) is 16.6. The van der Waals surface area contributed by atoms with Crippen LogP contribution < -0.4 is 10.2 Å². The standard InChI is InChI=1S/C23H22N4O3/c1-15-4-2-5-16(12-15)22(29)19-13-21(26-14-25-19)27-10-8-17-18(6-3-7-20(17)27)23(30)24-9-11-28/h2-7,12-14,28H,8-11H2,1H3,(H,24,30). The Labute approximate surface area is 174 Å². The quantitative estimate of drug-likeness (QED) is 0.615. The predicted molar refractivity (Wildman–Crippen MR) is 113 cm³/mol. The lowest BCUT2D eigenvalue weighted by Gasteiger charge is -2.19. The van der Waals surface area contributed by atoms with Crippen LogP contribution in [-0.2, 0) is 6.42 Å². The summed E-state index contributed by atoms with van der Waals surface area (Å²) in [6, 6.07) is 14.6. The summed E-state index contributed by atoms with van der Waals surface area (Å²) in [6.07, 6.45) is 2.08. The van der Waals surface area contributed by atoms with Crippen LogP contribution in [0.5, 0.6) is 0 Å². The molecule has 0 atom stereocenters. The number of aromatic nitrogens is 2. The summed E-state index contributed by atoms with van der Waals surface area (Å²) in [7, 11) is 0. The van der Waals surface area contributed by atoms with Crippen molar-refractivity contribution in [3.63, 3.8) is 0 Å². The van der Waals surface area contributed by atoms with Crippen LogP contribution >= 0.6 is 0 Å². The summed E-state index contributed by atoms with van der Waals surface area (Å²) in [5, 5.41) is 11.7. The van der Waals surface area contributed by atoms with E-state index in [9.17, 15) is 9.59 Å². The van der Waals surface area contributed by atoms with Crippen LogP contribution in [0.3, 0.4) is 0 Å². The van der Waals surface area contributed by atoms with Crippen molar-refractivity contribution in [3.05, 3.63) is 82.8 Å². The molecule has 2 aromatic carbocycles. The fourth-order valence-corrected chi connectivity index (χ4v) is 3.70. The van der Waals surface area contributed by atoms with Gasteiger partial charge in [0.2, 0.25) is 5.78 Å². The highest BCUT2D eigenvalue weighted by molar-refractivity contribution is 6.08. The Hall–Kier alpha value is -3.58. The van der Waals surface area contributed by atoms with E-state index in [-0.39, 0.29) is 24.8 Å². The largest absolute Gasteiger partial charge is 0.395 e. The van der Waals surface area contributed by atoms with Gasteiger partial charge in [0, 0.05) is 36.0 Å². The van der Waals surface area contributed by atoms with Gasteiger partial charge in [0.1, 0.15) is 17.8 Å². The molecule has 0 fully saturated rings. The number of aryl methyl sites for hydroxylation is 1. The molecule has 7 heteroatoms. The van der Waals surface area contributed by atoms with Gasteiger partial charge < -0.3 is 15.3 Å². The normalized spacial score (nSPS) is 12.5. The molecule has 152 valence electrons. The number of aliphatic hydroxyl groups is 1. The van der Waals surface area contributed by atoms with Gasteiger partial charge in [0.25, 0.3) is 5.91 Å². The first-order valence-corrected chi connectivity index (χ1v) is 9.80. The van der Waals surface area contributed by atoms with E-state index in [1.165, 1.54) is 6.33 Å². The van der Waals surface area contributed by atoms with Crippen LogP contribution in [0.1, 0.15) is 37.5 Å². The van der Waals surface area contributed by atoms with Crippen LogP contribution in [0, 0.1) is 6.92 Å². The van der Waals surface area contributed by atoms with Crippen molar-refractivity contribution in [2.45, 2.75) is 13.3 Å². The second-order valence-electron chi connectivity index (χ2n) is 7.14. The average Bonchev–Trinajstić information content (AvgIpc) is 3.21. The summed E-state index contributed by atoms with van der Waals surface area (Å²) in [5.41, 5.74) is 4.33. The molecule has 7 nitrogen and oxygen atoms in total. The molecule has 0 radical (unpaired) electrons. The molecule has 1 amide bonds. The zero-order valence-electron chi connectivity index (χ0n) is 16.6. The summed E-state index contributed by atoms with van der Waals surface area (Å²) < 4.78 is 0. The Balaban J connectivity index is 1.64. The second kappa shape index (κ2) is 8.42. The third-order valence-corrected chi connectivity index (χ3v) is 5.11.